The second-order valence-electron chi connectivity index (χ2n) is 3.90. The lowest BCUT2D eigenvalue weighted by Gasteiger charge is -2.07. The predicted molar refractivity (Wildman–Crippen MR) is 71.7 cm³/mol. The highest BCUT2D eigenvalue weighted by Crippen LogP contribution is 2.16. The van der Waals surface area contributed by atoms with Gasteiger partial charge in [-0.15, -0.1) is 0 Å². The summed E-state index contributed by atoms with van der Waals surface area (Å²) in [5.74, 6) is -2.15. The number of hydrogen-bond acceptors (Lipinski definition) is 1. The van der Waals surface area contributed by atoms with Gasteiger partial charge in [-0.05, 0) is 23.8 Å². The molecule has 2 aromatic carbocycles. The summed E-state index contributed by atoms with van der Waals surface area (Å²) in [7, 11) is 0. The fourth-order valence-corrected chi connectivity index (χ4v) is 2.01. The average Bonchev–Trinajstić information content (AvgIpc) is 2.37. The normalized spacial score (nSPS) is 10.3. The first kappa shape index (κ1) is 13.7. The second-order valence-corrected chi connectivity index (χ2v) is 4.75. The summed E-state index contributed by atoms with van der Waals surface area (Å²) >= 11 is 3.35. The molecule has 0 spiro atoms. The Morgan fingerprint density at radius 3 is 2.58 bits per heavy atom. The van der Waals surface area contributed by atoms with Gasteiger partial charge in [0.2, 0.25) is 0 Å². The molecule has 0 saturated heterocycles. The molecule has 1 N–H and O–H groups in total. The quantitative estimate of drug-likeness (QED) is 0.916. The van der Waals surface area contributed by atoms with Crippen molar-refractivity contribution in [2.24, 2.45) is 0 Å². The smallest absolute Gasteiger partial charge is 0.254 e. The Balaban J connectivity index is 2.08. The first-order chi connectivity index (χ1) is 9.08. The van der Waals surface area contributed by atoms with Crippen LogP contribution in [0.2, 0.25) is 0 Å². The fourth-order valence-electron chi connectivity index (χ4n) is 1.59. The summed E-state index contributed by atoms with van der Waals surface area (Å²) in [5, 5.41) is 2.58. The molecule has 0 atom stereocenters. The van der Waals surface area contributed by atoms with E-state index in [0.717, 1.165) is 22.2 Å². The van der Waals surface area contributed by atoms with Gasteiger partial charge in [0.05, 0.1) is 5.56 Å². The Labute approximate surface area is 117 Å². The van der Waals surface area contributed by atoms with Crippen molar-refractivity contribution >= 4 is 21.8 Å². The molecule has 0 heterocycles. The number of carbonyl (C=O) groups is 1. The number of hydrogen-bond donors (Lipinski definition) is 1. The predicted octanol–water partition coefficient (Wildman–Crippen LogP) is 3.66. The molecule has 0 aliphatic rings. The lowest BCUT2D eigenvalue weighted by atomic mass is 10.2. The zero-order valence-electron chi connectivity index (χ0n) is 9.79. The second kappa shape index (κ2) is 5.93. The minimum Gasteiger partial charge on any atom is -0.348 e. The van der Waals surface area contributed by atoms with Gasteiger partial charge in [0.25, 0.3) is 5.91 Å². The number of amides is 1. The molecule has 0 aliphatic heterocycles. The van der Waals surface area contributed by atoms with Gasteiger partial charge >= 0.3 is 0 Å². The first-order valence-corrected chi connectivity index (χ1v) is 6.34. The largest absolute Gasteiger partial charge is 0.348 e. The standard InChI is InChI=1S/C14H10BrF2NO/c15-12-4-2-1-3-9(12)8-18-14(19)11-6-5-10(16)7-13(11)17/h1-7H,8H2,(H,18,19). The maximum Gasteiger partial charge on any atom is 0.254 e. The van der Waals surface area contributed by atoms with E-state index in [-0.39, 0.29) is 12.1 Å². The SMILES string of the molecule is O=C(NCc1ccccc1Br)c1ccc(F)cc1F. The molecule has 5 heteroatoms. The highest BCUT2D eigenvalue weighted by molar-refractivity contribution is 9.10. The molecule has 98 valence electrons. The van der Waals surface area contributed by atoms with Crippen LogP contribution in [0.5, 0.6) is 0 Å². The summed E-state index contributed by atoms with van der Waals surface area (Å²) in [6.45, 7) is 0.261. The molecule has 0 aromatic heterocycles. The van der Waals surface area contributed by atoms with Gasteiger partial charge in [-0.1, -0.05) is 34.1 Å². The first-order valence-electron chi connectivity index (χ1n) is 5.54. The van der Waals surface area contributed by atoms with Crippen LogP contribution in [0.3, 0.4) is 0 Å². The van der Waals surface area contributed by atoms with Gasteiger partial charge in [-0.25, -0.2) is 8.78 Å². The van der Waals surface area contributed by atoms with Crippen LogP contribution in [-0.4, -0.2) is 5.91 Å². The summed E-state index contributed by atoms with van der Waals surface area (Å²) in [6.07, 6.45) is 0. The lowest BCUT2D eigenvalue weighted by Crippen LogP contribution is -2.24. The number of carbonyl (C=O) groups excluding carboxylic acids is 1. The van der Waals surface area contributed by atoms with Crippen LogP contribution >= 0.6 is 15.9 Å². The van der Waals surface area contributed by atoms with Gasteiger partial charge < -0.3 is 5.32 Å². The number of nitrogens with one attached hydrogen (secondary N) is 1. The van der Waals surface area contributed by atoms with Gasteiger partial charge in [0.15, 0.2) is 0 Å². The molecule has 1 amide bonds. The van der Waals surface area contributed by atoms with Crippen LogP contribution in [0.15, 0.2) is 46.9 Å². The van der Waals surface area contributed by atoms with Crippen molar-refractivity contribution < 1.29 is 13.6 Å². The van der Waals surface area contributed by atoms with E-state index in [4.69, 9.17) is 0 Å². The highest BCUT2D eigenvalue weighted by Gasteiger charge is 2.12. The van der Waals surface area contributed by atoms with Crippen molar-refractivity contribution in [3.05, 3.63) is 69.7 Å². The maximum absolute atomic E-state index is 13.4. The number of rotatable bonds is 3. The van der Waals surface area contributed by atoms with Crippen molar-refractivity contribution in [3.63, 3.8) is 0 Å². The van der Waals surface area contributed by atoms with E-state index >= 15 is 0 Å². The van der Waals surface area contributed by atoms with E-state index in [1.165, 1.54) is 0 Å². The highest BCUT2D eigenvalue weighted by atomic mass is 79.9. The summed E-state index contributed by atoms with van der Waals surface area (Å²) in [4.78, 5) is 11.8. The Kier molecular flexibility index (Phi) is 4.27. The zero-order valence-corrected chi connectivity index (χ0v) is 11.4. The van der Waals surface area contributed by atoms with Crippen LogP contribution in [0, 0.1) is 11.6 Å². The monoisotopic (exact) mass is 325 g/mol. The third-order valence-corrected chi connectivity index (χ3v) is 3.35. The molecule has 19 heavy (non-hydrogen) atoms. The zero-order chi connectivity index (χ0) is 13.8. The average molecular weight is 326 g/mol. The van der Waals surface area contributed by atoms with E-state index in [2.05, 4.69) is 21.2 Å². The van der Waals surface area contributed by atoms with Crippen molar-refractivity contribution in [1.29, 1.82) is 0 Å². The van der Waals surface area contributed by atoms with Crippen LogP contribution in [-0.2, 0) is 6.54 Å². The summed E-state index contributed by atoms with van der Waals surface area (Å²) in [6, 6.07) is 10.2. The van der Waals surface area contributed by atoms with Crippen LogP contribution in [0.4, 0.5) is 8.78 Å². The van der Waals surface area contributed by atoms with Gasteiger partial charge in [-0.3, -0.25) is 4.79 Å². The third kappa shape index (κ3) is 3.38. The maximum atomic E-state index is 13.4. The van der Waals surface area contributed by atoms with Crippen LogP contribution < -0.4 is 5.32 Å². The molecule has 0 fully saturated rings. The van der Waals surface area contributed by atoms with E-state index in [9.17, 15) is 13.6 Å². The number of halogens is 3. The van der Waals surface area contributed by atoms with Crippen molar-refractivity contribution in [3.8, 4) is 0 Å². The molecular weight excluding hydrogens is 316 g/mol. The third-order valence-electron chi connectivity index (χ3n) is 2.57. The van der Waals surface area contributed by atoms with Gasteiger partial charge in [0.1, 0.15) is 11.6 Å². The van der Waals surface area contributed by atoms with Gasteiger partial charge in [-0.2, -0.15) is 0 Å². The minimum atomic E-state index is -0.871. The Hall–Kier alpha value is -1.75. The Morgan fingerprint density at radius 1 is 1.16 bits per heavy atom. The molecule has 2 nitrogen and oxygen atoms in total. The van der Waals surface area contributed by atoms with Crippen LogP contribution in [0.25, 0.3) is 0 Å². The topological polar surface area (TPSA) is 29.1 Å². The Bertz CT molecular complexity index is 616. The van der Waals surface area contributed by atoms with E-state index in [1.807, 2.05) is 24.3 Å². The minimum absolute atomic E-state index is 0.173. The van der Waals surface area contributed by atoms with Crippen molar-refractivity contribution in [1.82, 2.24) is 5.32 Å². The number of benzene rings is 2. The molecule has 0 radical (unpaired) electrons. The molecule has 0 unspecified atom stereocenters. The molecule has 0 bridgehead atoms. The van der Waals surface area contributed by atoms with E-state index in [1.54, 1.807) is 0 Å². The van der Waals surface area contributed by atoms with Gasteiger partial charge in [0, 0.05) is 17.1 Å². The molecule has 0 saturated carbocycles. The van der Waals surface area contributed by atoms with Crippen LogP contribution in [0.1, 0.15) is 15.9 Å². The van der Waals surface area contributed by atoms with E-state index < -0.39 is 17.5 Å². The Morgan fingerprint density at radius 2 is 1.89 bits per heavy atom. The molecular formula is C14H10BrF2NO. The fraction of sp³-hybridized carbons (Fsp3) is 0.0714. The van der Waals surface area contributed by atoms with Crippen molar-refractivity contribution in [2.75, 3.05) is 0 Å². The van der Waals surface area contributed by atoms with Crippen molar-refractivity contribution in [2.45, 2.75) is 6.54 Å². The van der Waals surface area contributed by atoms with E-state index in [0.29, 0.717) is 6.07 Å². The summed E-state index contributed by atoms with van der Waals surface area (Å²) in [5.41, 5.74) is 0.701. The molecule has 0 aliphatic carbocycles. The molecule has 2 rings (SSSR count). The summed E-state index contributed by atoms with van der Waals surface area (Å²) < 4.78 is 27.0. The molecule has 2 aromatic rings. The lowest BCUT2D eigenvalue weighted by molar-refractivity contribution is 0.0946.